The average molecular weight is 290 g/mol. The summed E-state index contributed by atoms with van der Waals surface area (Å²) >= 11 is 1.65. The van der Waals surface area contributed by atoms with Crippen molar-refractivity contribution in [1.82, 2.24) is 5.43 Å². The Morgan fingerprint density at radius 1 is 1.30 bits per heavy atom. The van der Waals surface area contributed by atoms with Crippen LogP contribution in [-0.4, -0.2) is 11.6 Å². The van der Waals surface area contributed by atoms with E-state index in [2.05, 4.69) is 23.5 Å². The first kappa shape index (κ1) is 13.8. The van der Waals surface area contributed by atoms with E-state index in [9.17, 15) is 4.79 Å². The molecule has 1 heterocycles. The normalized spacial score (nSPS) is 22.2. The quantitative estimate of drug-likeness (QED) is 0.824. The van der Waals surface area contributed by atoms with Gasteiger partial charge in [0.2, 0.25) is 0 Å². The number of amides is 1. The van der Waals surface area contributed by atoms with Crippen molar-refractivity contribution in [2.45, 2.75) is 58.3 Å². The van der Waals surface area contributed by atoms with E-state index in [1.165, 1.54) is 36.1 Å². The lowest BCUT2D eigenvalue weighted by Gasteiger charge is -2.16. The van der Waals surface area contributed by atoms with Crippen LogP contribution in [0.15, 0.2) is 11.2 Å². The Balaban J connectivity index is 1.65. The Labute approximate surface area is 124 Å². The lowest BCUT2D eigenvalue weighted by molar-refractivity contribution is 0.0958. The highest BCUT2D eigenvalue weighted by atomic mass is 32.1. The summed E-state index contributed by atoms with van der Waals surface area (Å²) in [6, 6.07) is 2.08. The second-order valence-electron chi connectivity index (χ2n) is 6.09. The summed E-state index contributed by atoms with van der Waals surface area (Å²) in [4.78, 5) is 14.4. The highest BCUT2D eigenvalue weighted by Crippen LogP contribution is 2.32. The molecule has 0 saturated heterocycles. The van der Waals surface area contributed by atoms with Crippen LogP contribution in [-0.2, 0) is 12.8 Å². The molecule has 1 saturated carbocycles. The van der Waals surface area contributed by atoms with Gasteiger partial charge in [0.05, 0.1) is 4.88 Å². The summed E-state index contributed by atoms with van der Waals surface area (Å²) in [7, 11) is 0. The predicted molar refractivity (Wildman–Crippen MR) is 83.5 cm³/mol. The third-order valence-corrected chi connectivity index (χ3v) is 5.54. The van der Waals surface area contributed by atoms with Crippen LogP contribution in [0.1, 0.15) is 65.6 Å². The van der Waals surface area contributed by atoms with Gasteiger partial charge >= 0.3 is 0 Å². The average Bonchev–Trinajstić information content (AvgIpc) is 2.89. The van der Waals surface area contributed by atoms with Crippen molar-refractivity contribution in [1.29, 1.82) is 0 Å². The van der Waals surface area contributed by atoms with E-state index in [-0.39, 0.29) is 5.91 Å². The number of carbonyl (C=O) groups excluding carboxylic acids is 1. The minimum absolute atomic E-state index is 0.0323. The maximum absolute atomic E-state index is 12.2. The first-order chi connectivity index (χ1) is 9.72. The molecule has 1 aromatic rings. The highest BCUT2D eigenvalue weighted by molar-refractivity contribution is 7.14. The number of carbonyl (C=O) groups is 1. The van der Waals surface area contributed by atoms with Gasteiger partial charge in [-0.1, -0.05) is 13.3 Å². The summed E-state index contributed by atoms with van der Waals surface area (Å²) in [6.07, 6.45) is 9.29. The zero-order valence-electron chi connectivity index (χ0n) is 12.1. The SMILES string of the molecule is C[C@@H]1CCc2sc(C(=O)NN=C3CCCCC3)cc2C1. The summed E-state index contributed by atoms with van der Waals surface area (Å²) < 4.78 is 0. The van der Waals surface area contributed by atoms with Gasteiger partial charge in [-0.2, -0.15) is 5.10 Å². The van der Waals surface area contributed by atoms with Gasteiger partial charge in [0.1, 0.15) is 0 Å². The van der Waals surface area contributed by atoms with Crippen LogP contribution in [0.5, 0.6) is 0 Å². The molecular formula is C16H22N2OS. The number of hydrogen-bond acceptors (Lipinski definition) is 3. The maximum atomic E-state index is 12.2. The molecule has 0 radical (unpaired) electrons. The first-order valence-corrected chi connectivity index (χ1v) is 8.51. The number of rotatable bonds is 2. The number of hydrogen-bond donors (Lipinski definition) is 1. The topological polar surface area (TPSA) is 41.5 Å². The second-order valence-corrected chi connectivity index (χ2v) is 7.22. The van der Waals surface area contributed by atoms with E-state index in [1.54, 1.807) is 11.3 Å². The van der Waals surface area contributed by atoms with E-state index in [4.69, 9.17) is 0 Å². The zero-order valence-corrected chi connectivity index (χ0v) is 12.9. The summed E-state index contributed by atoms with van der Waals surface area (Å²) in [6.45, 7) is 2.29. The minimum Gasteiger partial charge on any atom is -0.266 e. The number of aryl methyl sites for hydroxylation is 1. The van der Waals surface area contributed by atoms with E-state index in [0.717, 1.165) is 42.2 Å². The Hall–Kier alpha value is -1.16. The van der Waals surface area contributed by atoms with Gasteiger partial charge in [-0.25, -0.2) is 5.43 Å². The molecule has 2 aliphatic rings. The number of fused-ring (bicyclic) bond motifs is 1. The molecular weight excluding hydrogens is 268 g/mol. The number of nitrogens with one attached hydrogen (secondary N) is 1. The van der Waals surface area contributed by atoms with Crippen molar-refractivity contribution in [3.05, 3.63) is 21.4 Å². The van der Waals surface area contributed by atoms with Crippen LogP contribution in [0.25, 0.3) is 0 Å². The molecule has 2 aliphatic carbocycles. The predicted octanol–water partition coefficient (Wildman–Crippen LogP) is 3.92. The Morgan fingerprint density at radius 2 is 2.10 bits per heavy atom. The zero-order chi connectivity index (χ0) is 13.9. The van der Waals surface area contributed by atoms with E-state index in [1.807, 2.05) is 0 Å². The number of nitrogens with zero attached hydrogens (tertiary/aromatic N) is 1. The molecule has 108 valence electrons. The lowest BCUT2D eigenvalue weighted by atomic mass is 9.90. The molecule has 1 N–H and O–H groups in total. The molecule has 0 spiro atoms. The van der Waals surface area contributed by atoms with Gasteiger partial charge in [0.15, 0.2) is 0 Å². The Kier molecular flexibility index (Phi) is 4.20. The van der Waals surface area contributed by atoms with Gasteiger partial charge in [-0.05, 0) is 62.5 Å². The molecule has 0 aliphatic heterocycles. The van der Waals surface area contributed by atoms with E-state index >= 15 is 0 Å². The first-order valence-electron chi connectivity index (χ1n) is 7.69. The van der Waals surface area contributed by atoms with Crippen LogP contribution in [0.3, 0.4) is 0 Å². The largest absolute Gasteiger partial charge is 0.281 e. The molecule has 1 aromatic heterocycles. The Bertz CT molecular complexity index is 525. The smallest absolute Gasteiger partial charge is 0.266 e. The maximum Gasteiger partial charge on any atom is 0.281 e. The van der Waals surface area contributed by atoms with Crippen LogP contribution in [0.4, 0.5) is 0 Å². The van der Waals surface area contributed by atoms with Gasteiger partial charge < -0.3 is 0 Å². The molecule has 20 heavy (non-hydrogen) atoms. The Morgan fingerprint density at radius 3 is 2.90 bits per heavy atom. The van der Waals surface area contributed by atoms with Crippen LogP contribution < -0.4 is 5.43 Å². The van der Waals surface area contributed by atoms with Crippen LogP contribution in [0.2, 0.25) is 0 Å². The van der Waals surface area contributed by atoms with Crippen molar-refractivity contribution in [2.24, 2.45) is 11.0 Å². The third kappa shape index (κ3) is 3.11. The molecule has 0 bridgehead atoms. The van der Waals surface area contributed by atoms with Crippen molar-refractivity contribution >= 4 is 23.0 Å². The lowest BCUT2D eigenvalue weighted by Crippen LogP contribution is -2.19. The summed E-state index contributed by atoms with van der Waals surface area (Å²) in [5, 5.41) is 4.30. The fourth-order valence-corrected chi connectivity index (χ4v) is 4.17. The minimum atomic E-state index is -0.0323. The molecule has 4 heteroatoms. The van der Waals surface area contributed by atoms with Crippen molar-refractivity contribution in [3.8, 4) is 0 Å². The third-order valence-electron chi connectivity index (χ3n) is 4.30. The van der Waals surface area contributed by atoms with Crippen molar-refractivity contribution in [3.63, 3.8) is 0 Å². The summed E-state index contributed by atoms with van der Waals surface area (Å²) in [5.41, 5.74) is 5.28. The van der Waals surface area contributed by atoms with Gasteiger partial charge in [0.25, 0.3) is 5.91 Å². The fourth-order valence-electron chi connectivity index (χ4n) is 3.07. The standard InChI is InChI=1S/C16H22N2OS/c1-11-7-8-14-12(9-11)10-15(20-14)16(19)18-17-13-5-3-2-4-6-13/h10-11H,2-9H2,1H3,(H,18,19)/t11-/m1/s1. The molecule has 3 rings (SSSR count). The van der Waals surface area contributed by atoms with E-state index in [0.29, 0.717) is 0 Å². The molecule has 0 aromatic carbocycles. The molecule has 0 unspecified atom stereocenters. The number of hydrazone groups is 1. The highest BCUT2D eigenvalue weighted by Gasteiger charge is 2.20. The van der Waals surface area contributed by atoms with Crippen LogP contribution >= 0.6 is 11.3 Å². The molecule has 1 fully saturated rings. The summed E-state index contributed by atoms with van der Waals surface area (Å²) in [5.74, 6) is 0.714. The van der Waals surface area contributed by atoms with Crippen LogP contribution in [0, 0.1) is 5.92 Å². The second kappa shape index (κ2) is 6.08. The molecule has 3 nitrogen and oxygen atoms in total. The monoisotopic (exact) mass is 290 g/mol. The van der Waals surface area contributed by atoms with Gasteiger partial charge in [-0.3, -0.25) is 4.79 Å². The number of thiophene rings is 1. The van der Waals surface area contributed by atoms with Crippen molar-refractivity contribution < 1.29 is 4.79 Å². The van der Waals surface area contributed by atoms with Gasteiger partial charge in [0, 0.05) is 10.6 Å². The molecule has 1 atom stereocenters. The van der Waals surface area contributed by atoms with E-state index < -0.39 is 0 Å². The van der Waals surface area contributed by atoms with Gasteiger partial charge in [-0.15, -0.1) is 11.3 Å². The molecule has 1 amide bonds. The van der Waals surface area contributed by atoms with Crippen molar-refractivity contribution in [2.75, 3.05) is 0 Å². The fraction of sp³-hybridized carbons (Fsp3) is 0.625.